The molecule has 164 valence electrons. The molecule has 3 aromatic rings. The van der Waals surface area contributed by atoms with Crippen molar-refractivity contribution in [1.29, 1.82) is 0 Å². The third-order valence-corrected chi connectivity index (χ3v) is 7.67. The van der Waals surface area contributed by atoms with Crippen molar-refractivity contribution in [2.24, 2.45) is 0 Å². The Morgan fingerprint density at radius 3 is 2.61 bits per heavy atom. The van der Waals surface area contributed by atoms with E-state index < -0.39 is 10.0 Å². The maximum Gasteiger partial charge on any atom is 0.268 e. The number of anilines is 1. The van der Waals surface area contributed by atoms with E-state index in [0.717, 1.165) is 11.3 Å². The van der Waals surface area contributed by atoms with Crippen LogP contribution < -0.4 is 4.31 Å². The molecule has 0 unspecified atom stereocenters. The SMILES string of the molecule is Cc1ccc(CN(C)C(=O)Cn2nc(C)c(S(=O)(=O)N3CCc4ccccc43)c2C)o1. The van der Waals surface area contributed by atoms with E-state index in [0.29, 0.717) is 42.3 Å². The van der Waals surface area contributed by atoms with Crippen LogP contribution in [-0.2, 0) is 34.3 Å². The van der Waals surface area contributed by atoms with Crippen molar-refractivity contribution in [1.82, 2.24) is 14.7 Å². The molecular weight excluding hydrogens is 416 g/mol. The zero-order chi connectivity index (χ0) is 22.3. The second kappa shape index (κ2) is 7.88. The number of hydrogen-bond donors (Lipinski definition) is 0. The molecular formula is C22H26N4O4S. The van der Waals surface area contributed by atoms with Crippen molar-refractivity contribution in [2.45, 2.75) is 45.2 Å². The molecule has 8 nitrogen and oxygen atoms in total. The number of aromatic nitrogens is 2. The molecule has 0 bridgehead atoms. The minimum Gasteiger partial charge on any atom is -0.464 e. The molecule has 1 amide bonds. The van der Waals surface area contributed by atoms with Gasteiger partial charge < -0.3 is 9.32 Å². The number of para-hydroxylation sites is 1. The highest BCUT2D eigenvalue weighted by molar-refractivity contribution is 7.93. The first kappa shape index (κ1) is 21.2. The number of carbonyl (C=O) groups is 1. The van der Waals surface area contributed by atoms with Crippen molar-refractivity contribution >= 4 is 21.6 Å². The van der Waals surface area contributed by atoms with E-state index in [1.807, 2.05) is 43.3 Å². The molecule has 1 aromatic carbocycles. The highest BCUT2D eigenvalue weighted by atomic mass is 32.2. The second-order valence-corrected chi connectivity index (χ2v) is 9.67. The van der Waals surface area contributed by atoms with E-state index in [4.69, 9.17) is 4.42 Å². The number of furan rings is 1. The van der Waals surface area contributed by atoms with E-state index in [2.05, 4.69) is 5.10 Å². The lowest BCUT2D eigenvalue weighted by atomic mass is 10.2. The van der Waals surface area contributed by atoms with Crippen LogP contribution in [0.3, 0.4) is 0 Å². The molecule has 0 fully saturated rings. The van der Waals surface area contributed by atoms with Gasteiger partial charge in [0.25, 0.3) is 10.0 Å². The molecule has 4 rings (SSSR count). The largest absolute Gasteiger partial charge is 0.464 e. The number of carbonyl (C=O) groups excluding carboxylic acids is 1. The molecule has 0 spiro atoms. The molecule has 3 heterocycles. The van der Waals surface area contributed by atoms with Gasteiger partial charge >= 0.3 is 0 Å². The molecule has 0 aliphatic carbocycles. The molecule has 1 aliphatic rings. The molecule has 31 heavy (non-hydrogen) atoms. The van der Waals surface area contributed by atoms with E-state index in [1.54, 1.807) is 25.8 Å². The van der Waals surface area contributed by atoms with Crippen molar-refractivity contribution < 1.29 is 17.6 Å². The van der Waals surface area contributed by atoms with Gasteiger partial charge in [0, 0.05) is 13.6 Å². The molecule has 0 atom stereocenters. The molecule has 0 saturated heterocycles. The smallest absolute Gasteiger partial charge is 0.268 e. The van der Waals surface area contributed by atoms with Crippen LogP contribution in [0.5, 0.6) is 0 Å². The number of fused-ring (bicyclic) bond motifs is 1. The standard InChI is InChI=1S/C22H26N4O4S/c1-15-9-10-19(30-15)13-24(4)21(27)14-25-17(3)22(16(2)23-25)31(28,29)26-12-11-18-7-5-6-8-20(18)26/h5-10H,11-14H2,1-4H3. The normalized spacial score (nSPS) is 13.5. The summed E-state index contributed by atoms with van der Waals surface area (Å²) < 4.78 is 35.4. The quantitative estimate of drug-likeness (QED) is 0.586. The first-order valence-electron chi connectivity index (χ1n) is 10.1. The van der Waals surface area contributed by atoms with E-state index in [9.17, 15) is 13.2 Å². The van der Waals surface area contributed by atoms with Crippen molar-refractivity contribution in [3.05, 3.63) is 64.9 Å². The number of nitrogens with zero attached hydrogens (tertiary/aromatic N) is 4. The average Bonchev–Trinajstić information content (AvgIpc) is 3.39. The van der Waals surface area contributed by atoms with E-state index in [1.165, 1.54) is 8.99 Å². The molecule has 0 N–H and O–H groups in total. The summed E-state index contributed by atoms with van der Waals surface area (Å²) in [4.78, 5) is 14.4. The number of benzene rings is 1. The Kier molecular flexibility index (Phi) is 5.38. The monoisotopic (exact) mass is 442 g/mol. The minimum atomic E-state index is -3.78. The van der Waals surface area contributed by atoms with Gasteiger partial charge in [-0.25, -0.2) is 8.42 Å². The Morgan fingerprint density at radius 1 is 1.16 bits per heavy atom. The maximum absolute atomic E-state index is 13.5. The first-order valence-corrected chi connectivity index (χ1v) is 11.6. The Bertz CT molecular complexity index is 1240. The average molecular weight is 443 g/mol. The summed E-state index contributed by atoms with van der Waals surface area (Å²) in [7, 11) is -2.10. The minimum absolute atomic E-state index is 0.0467. The fourth-order valence-electron chi connectivity index (χ4n) is 4.02. The summed E-state index contributed by atoms with van der Waals surface area (Å²) in [5.74, 6) is 1.29. The van der Waals surface area contributed by atoms with Gasteiger partial charge in [0.1, 0.15) is 23.0 Å². The van der Waals surface area contributed by atoms with Crippen molar-refractivity contribution in [3.8, 4) is 0 Å². The van der Waals surface area contributed by atoms with Gasteiger partial charge in [-0.3, -0.25) is 13.8 Å². The van der Waals surface area contributed by atoms with Gasteiger partial charge in [-0.1, -0.05) is 18.2 Å². The highest BCUT2D eigenvalue weighted by Gasteiger charge is 2.35. The molecule has 1 aliphatic heterocycles. The van der Waals surface area contributed by atoms with Crippen molar-refractivity contribution in [3.63, 3.8) is 0 Å². The summed E-state index contributed by atoms with van der Waals surface area (Å²) in [6, 6.07) is 11.2. The zero-order valence-electron chi connectivity index (χ0n) is 18.1. The second-order valence-electron chi connectivity index (χ2n) is 7.88. The third-order valence-electron chi connectivity index (χ3n) is 5.61. The number of rotatable bonds is 6. The van der Waals surface area contributed by atoms with Gasteiger partial charge in [0.05, 0.1) is 23.6 Å². The Balaban J connectivity index is 1.57. The number of aryl methyl sites for hydroxylation is 2. The summed E-state index contributed by atoms with van der Waals surface area (Å²) in [6.45, 7) is 5.89. The number of hydrogen-bond acceptors (Lipinski definition) is 5. The van der Waals surface area contributed by atoms with Crippen molar-refractivity contribution in [2.75, 3.05) is 17.9 Å². The van der Waals surface area contributed by atoms with Crippen LogP contribution in [0.15, 0.2) is 45.7 Å². The summed E-state index contributed by atoms with van der Waals surface area (Å²) in [5.41, 5.74) is 2.56. The van der Waals surface area contributed by atoms with E-state index in [-0.39, 0.29) is 17.3 Å². The number of sulfonamides is 1. The summed E-state index contributed by atoms with van der Waals surface area (Å²) in [6.07, 6.45) is 0.678. The topological polar surface area (TPSA) is 88.7 Å². The van der Waals surface area contributed by atoms with Gasteiger partial charge in [0.15, 0.2) is 0 Å². The van der Waals surface area contributed by atoms with Crippen LogP contribution in [0, 0.1) is 20.8 Å². The van der Waals surface area contributed by atoms with Crippen LogP contribution in [0.25, 0.3) is 0 Å². The van der Waals surface area contributed by atoms with E-state index >= 15 is 0 Å². The van der Waals surface area contributed by atoms with Gasteiger partial charge in [-0.15, -0.1) is 0 Å². The van der Waals surface area contributed by atoms with Gasteiger partial charge in [-0.05, 0) is 51.0 Å². The maximum atomic E-state index is 13.5. The molecule has 0 saturated carbocycles. The highest BCUT2D eigenvalue weighted by Crippen LogP contribution is 2.34. The summed E-state index contributed by atoms with van der Waals surface area (Å²) >= 11 is 0. The number of likely N-dealkylation sites (N-methyl/N-ethyl adjacent to an activating group) is 1. The molecule has 2 aromatic heterocycles. The van der Waals surface area contributed by atoms with Gasteiger partial charge in [0.2, 0.25) is 5.91 Å². The Morgan fingerprint density at radius 2 is 1.90 bits per heavy atom. The Hall–Kier alpha value is -3.07. The third kappa shape index (κ3) is 3.85. The van der Waals surface area contributed by atoms with Crippen LogP contribution in [0.1, 0.15) is 28.5 Å². The lowest BCUT2D eigenvalue weighted by Gasteiger charge is -2.20. The predicted molar refractivity (Wildman–Crippen MR) is 116 cm³/mol. The predicted octanol–water partition coefficient (Wildman–Crippen LogP) is 2.81. The van der Waals surface area contributed by atoms with Crippen LogP contribution in [-0.4, -0.2) is 42.6 Å². The molecule has 9 heteroatoms. The lowest BCUT2D eigenvalue weighted by Crippen LogP contribution is -2.31. The number of amides is 1. The zero-order valence-corrected chi connectivity index (χ0v) is 18.9. The van der Waals surface area contributed by atoms with Crippen LogP contribution in [0.2, 0.25) is 0 Å². The van der Waals surface area contributed by atoms with Crippen LogP contribution in [0.4, 0.5) is 5.69 Å². The lowest BCUT2D eigenvalue weighted by molar-refractivity contribution is -0.131. The summed E-state index contributed by atoms with van der Waals surface area (Å²) in [5, 5.41) is 4.38. The van der Waals surface area contributed by atoms with Gasteiger partial charge in [-0.2, -0.15) is 5.10 Å². The fraction of sp³-hybridized carbons (Fsp3) is 0.364. The first-order chi connectivity index (χ1) is 14.7. The Labute approximate surface area is 182 Å². The fourth-order valence-corrected chi connectivity index (χ4v) is 5.90. The molecule has 0 radical (unpaired) electrons. The van der Waals surface area contributed by atoms with Crippen LogP contribution >= 0.6 is 0 Å².